The highest BCUT2D eigenvalue weighted by atomic mass is 32.1. The van der Waals surface area contributed by atoms with Crippen LogP contribution in [-0.2, 0) is 12.0 Å². The molecule has 98 valence electrons. The zero-order chi connectivity index (χ0) is 12.9. The Morgan fingerprint density at radius 2 is 2.18 bits per heavy atom. The lowest BCUT2D eigenvalue weighted by molar-refractivity contribution is 0.181. The lowest BCUT2D eigenvalue weighted by atomic mass is 9.98. The molecule has 0 aliphatic rings. The molecule has 0 aliphatic carbocycles. The molecule has 2 N–H and O–H groups in total. The van der Waals surface area contributed by atoms with Crippen molar-refractivity contribution >= 4 is 11.3 Å². The van der Waals surface area contributed by atoms with Crippen molar-refractivity contribution in [2.24, 2.45) is 0 Å². The number of aliphatic hydroxyl groups is 1. The highest BCUT2D eigenvalue weighted by Crippen LogP contribution is 2.25. The van der Waals surface area contributed by atoms with Gasteiger partial charge in [0.25, 0.3) is 0 Å². The molecule has 0 saturated carbocycles. The smallest absolute Gasteiger partial charge is 0.0982 e. The molecule has 0 bridgehead atoms. The Balaban J connectivity index is 2.26. The summed E-state index contributed by atoms with van der Waals surface area (Å²) >= 11 is 1.73. The van der Waals surface area contributed by atoms with Gasteiger partial charge in [-0.05, 0) is 26.3 Å². The summed E-state index contributed by atoms with van der Waals surface area (Å²) < 4.78 is 0. The number of nitrogens with zero attached hydrogens (tertiary/aromatic N) is 1. The average molecular weight is 256 g/mol. The molecule has 0 radical (unpaired) electrons. The molecule has 0 aromatic carbocycles. The van der Waals surface area contributed by atoms with E-state index in [9.17, 15) is 0 Å². The maximum Gasteiger partial charge on any atom is 0.0982 e. The van der Waals surface area contributed by atoms with Crippen LogP contribution in [-0.4, -0.2) is 22.7 Å². The number of nitrogens with one attached hydrogen (secondary N) is 1. The lowest BCUT2D eigenvalue weighted by Crippen LogP contribution is -2.17. The van der Waals surface area contributed by atoms with Gasteiger partial charge in [0.15, 0.2) is 0 Å². The first-order valence-corrected chi connectivity index (χ1v) is 7.11. The molecular weight excluding hydrogens is 232 g/mol. The van der Waals surface area contributed by atoms with Crippen molar-refractivity contribution in [3.63, 3.8) is 0 Å². The molecule has 1 unspecified atom stereocenters. The molecule has 1 aromatic heterocycles. The quantitative estimate of drug-likeness (QED) is 0.769. The molecular formula is C13H24N2OS. The summed E-state index contributed by atoms with van der Waals surface area (Å²) in [6.45, 7) is 10.2. The summed E-state index contributed by atoms with van der Waals surface area (Å²) in [4.78, 5) is 4.62. The van der Waals surface area contributed by atoms with Crippen LogP contribution in [0.4, 0.5) is 0 Å². The maximum atomic E-state index is 9.12. The molecule has 0 aliphatic heterocycles. The van der Waals surface area contributed by atoms with Crippen LogP contribution >= 0.6 is 11.3 Å². The van der Waals surface area contributed by atoms with Crippen LogP contribution < -0.4 is 5.32 Å². The number of rotatable bonds is 6. The van der Waals surface area contributed by atoms with Crippen molar-refractivity contribution in [3.05, 3.63) is 16.1 Å². The van der Waals surface area contributed by atoms with Crippen LogP contribution in [0.3, 0.4) is 0 Å². The van der Waals surface area contributed by atoms with Gasteiger partial charge >= 0.3 is 0 Å². The van der Waals surface area contributed by atoms with Gasteiger partial charge in [0, 0.05) is 17.3 Å². The molecule has 1 atom stereocenters. The molecule has 1 aromatic rings. The second-order valence-electron chi connectivity index (χ2n) is 5.56. The summed E-state index contributed by atoms with van der Waals surface area (Å²) in [7, 11) is 0. The third kappa shape index (κ3) is 5.61. The van der Waals surface area contributed by atoms with Crippen molar-refractivity contribution in [1.82, 2.24) is 10.3 Å². The molecule has 1 heterocycles. The van der Waals surface area contributed by atoms with Crippen molar-refractivity contribution in [2.75, 3.05) is 6.54 Å². The van der Waals surface area contributed by atoms with Gasteiger partial charge in [-0.25, -0.2) is 4.98 Å². The monoisotopic (exact) mass is 256 g/mol. The van der Waals surface area contributed by atoms with Gasteiger partial charge in [-0.2, -0.15) is 0 Å². The van der Waals surface area contributed by atoms with Crippen LogP contribution in [0.2, 0.25) is 0 Å². The lowest BCUT2D eigenvalue weighted by Gasteiger charge is -2.13. The van der Waals surface area contributed by atoms with E-state index in [1.165, 1.54) is 5.01 Å². The number of aromatic nitrogens is 1. The van der Waals surface area contributed by atoms with E-state index < -0.39 is 0 Å². The summed E-state index contributed by atoms with van der Waals surface area (Å²) in [5, 5.41) is 15.8. The first-order chi connectivity index (χ1) is 7.89. The van der Waals surface area contributed by atoms with E-state index in [4.69, 9.17) is 5.11 Å². The molecule has 0 amide bonds. The Labute approximate surface area is 108 Å². The van der Waals surface area contributed by atoms with E-state index in [0.717, 1.165) is 31.6 Å². The largest absolute Gasteiger partial charge is 0.393 e. The Kier molecular flexibility index (Phi) is 5.56. The first kappa shape index (κ1) is 14.6. The first-order valence-electron chi connectivity index (χ1n) is 6.23. The minimum absolute atomic E-state index is 0.148. The molecule has 0 saturated heterocycles. The number of aliphatic hydroxyl groups excluding tert-OH is 1. The van der Waals surface area contributed by atoms with Crippen molar-refractivity contribution in [2.45, 2.75) is 58.6 Å². The van der Waals surface area contributed by atoms with Crippen LogP contribution in [0.25, 0.3) is 0 Å². The number of hydrogen-bond acceptors (Lipinski definition) is 4. The summed E-state index contributed by atoms with van der Waals surface area (Å²) in [6, 6.07) is 0. The Bertz CT molecular complexity index is 328. The Morgan fingerprint density at radius 3 is 2.71 bits per heavy atom. The van der Waals surface area contributed by atoms with Crippen LogP contribution in [0.15, 0.2) is 5.38 Å². The molecule has 3 nitrogen and oxygen atoms in total. The van der Waals surface area contributed by atoms with E-state index in [1.54, 1.807) is 11.3 Å². The standard InChI is InChI=1S/C13H24N2OS/c1-10(16)6-5-7-14-8-11-9-17-12(15-11)13(2,3)4/h9-10,14,16H,5-8H2,1-4H3. The van der Waals surface area contributed by atoms with E-state index in [-0.39, 0.29) is 11.5 Å². The average Bonchev–Trinajstić information content (AvgIpc) is 2.64. The summed E-state index contributed by atoms with van der Waals surface area (Å²) in [6.07, 6.45) is 1.68. The van der Waals surface area contributed by atoms with E-state index in [1.807, 2.05) is 6.92 Å². The topological polar surface area (TPSA) is 45.1 Å². The minimum Gasteiger partial charge on any atom is -0.393 e. The van der Waals surface area contributed by atoms with Crippen LogP contribution in [0, 0.1) is 0 Å². The summed E-state index contributed by atoms with van der Waals surface area (Å²) in [5.41, 5.74) is 1.27. The van der Waals surface area contributed by atoms with Crippen molar-refractivity contribution in [3.8, 4) is 0 Å². The second kappa shape index (κ2) is 6.47. The highest BCUT2D eigenvalue weighted by molar-refractivity contribution is 7.09. The van der Waals surface area contributed by atoms with Crippen LogP contribution in [0.5, 0.6) is 0 Å². The molecule has 4 heteroatoms. The fraction of sp³-hybridized carbons (Fsp3) is 0.769. The van der Waals surface area contributed by atoms with E-state index in [0.29, 0.717) is 0 Å². The minimum atomic E-state index is -0.191. The molecule has 0 spiro atoms. The summed E-state index contributed by atoms with van der Waals surface area (Å²) in [5.74, 6) is 0. The predicted molar refractivity (Wildman–Crippen MR) is 73.4 cm³/mol. The van der Waals surface area contributed by atoms with Gasteiger partial charge in [0.1, 0.15) is 0 Å². The SMILES string of the molecule is CC(O)CCCNCc1csc(C(C)(C)C)n1. The molecule has 0 fully saturated rings. The normalized spacial score (nSPS) is 13.9. The Hall–Kier alpha value is -0.450. The number of hydrogen-bond donors (Lipinski definition) is 2. The van der Waals surface area contributed by atoms with Gasteiger partial charge in [-0.1, -0.05) is 20.8 Å². The zero-order valence-electron chi connectivity index (χ0n) is 11.3. The zero-order valence-corrected chi connectivity index (χ0v) is 12.1. The van der Waals surface area contributed by atoms with Gasteiger partial charge in [0.05, 0.1) is 16.8 Å². The molecule has 17 heavy (non-hydrogen) atoms. The Morgan fingerprint density at radius 1 is 1.47 bits per heavy atom. The van der Waals surface area contributed by atoms with Crippen molar-refractivity contribution < 1.29 is 5.11 Å². The fourth-order valence-electron chi connectivity index (χ4n) is 1.47. The van der Waals surface area contributed by atoms with Crippen molar-refractivity contribution in [1.29, 1.82) is 0 Å². The second-order valence-corrected chi connectivity index (χ2v) is 6.42. The number of thiazole rings is 1. The van der Waals surface area contributed by atoms with E-state index >= 15 is 0 Å². The van der Waals surface area contributed by atoms with E-state index in [2.05, 4.69) is 36.5 Å². The van der Waals surface area contributed by atoms with Gasteiger partial charge in [0.2, 0.25) is 0 Å². The highest BCUT2D eigenvalue weighted by Gasteiger charge is 2.17. The third-order valence-electron chi connectivity index (χ3n) is 2.47. The predicted octanol–water partition coefficient (Wildman–Crippen LogP) is 2.69. The molecule has 1 rings (SSSR count). The third-order valence-corrected chi connectivity index (χ3v) is 3.79. The van der Waals surface area contributed by atoms with Gasteiger partial charge in [-0.15, -0.1) is 11.3 Å². The fourth-order valence-corrected chi connectivity index (χ4v) is 2.38. The van der Waals surface area contributed by atoms with Crippen LogP contribution in [0.1, 0.15) is 51.2 Å². The van der Waals surface area contributed by atoms with Gasteiger partial charge in [-0.3, -0.25) is 0 Å². The van der Waals surface area contributed by atoms with Gasteiger partial charge < -0.3 is 10.4 Å². The maximum absolute atomic E-state index is 9.12.